The second-order valence-corrected chi connectivity index (χ2v) is 9.64. The van der Waals surface area contributed by atoms with Gasteiger partial charge in [0.1, 0.15) is 0 Å². The molecule has 0 bridgehead atoms. The SMILES string of the molecule is Cc1ccccc1-c1ccc([C@H]2[C@H](CO)N3CCCCN(C(=O)C4CCC4)C[C@@H]23)cc1. The Morgan fingerprint density at radius 1 is 1.00 bits per heavy atom. The van der Waals surface area contributed by atoms with Gasteiger partial charge in [-0.05, 0) is 61.4 Å². The Morgan fingerprint density at radius 2 is 1.74 bits per heavy atom. The van der Waals surface area contributed by atoms with E-state index >= 15 is 0 Å². The van der Waals surface area contributed by atoms with Gasteiger partial charge < -0.3 is 10.0 Å². The minimum absolute atomic E-state index is 0.160. The van der Waals surface area contributed by atoms with Crippen LogP contribution in [0.2, 0.25) is 0 Å². The summed E-state index contributed by atoms with van der Waals surface area (Å²) in [5.74, 6) is 0.911. The molecule has 1 amide bonds. The average molecular weight is 419 g/mol. The summed E-state index contributed by atoms with van der Waals surface area (Å²) in [6.07, 6.45) is 5.48. The van der Waals surface area contributed by atoms with E-state index in [4.69, 9.17) is 0 Å². The highest BCUT2D eigenvalue weighted by molar-refractivity contribution is 5.79. The topological polar surface area (TPSA) is 43.8 Å². The summed E-state index contributed by atoms with van der Waals surface area (Å²) < 4.78 is 0. The highest BCUT2D eigenvalue weighted by atomic mass is 16.3. The first-order chi connectivity index (χ1) is 15.2. The number of nitrogens with zero attached hydrogens (tertiary/aromatic N) is 2. The van der Waals surface area contributed by atoms with Crippen LogP contribution < -0.4 is 0 Å². The number of benzene rings is 2. The van der Waals surface area contributed by atoms with E-state index in [9.17, 15) is 9.90 Å². The molecule has 0 radical (unpaired) electrons. The van der Waals surface area contributed by atoms with E-state index in [-0.39, 0.29) is 24.5 Å². The van der Waals surface area contributed by atoms with Gasteiger partial charge >= 0.3 is 0 Å². The smallest absolute Gasteiger partial charge is 0.225 e. The molecule has 1 saturated carbocycles. The van der Waals surface area contributed by atoms with Crippen LogP contribution in [0.1, 0.15) is 49.1 Å². The Morgan fingerprint density at radius 3 is 2.42 bits per heavy atom. The summed E-state index contributed by atoms with van der Waals surface area (Å²) in [4.78, 5) is 17.6. The summed E-state index contributed by atoms with van der Waals surface area (Å²) in [6, 6.07) is 17.9. The number of carbonyl (C=O) groups is 1. The number of aliphatic hydroxyl groups is 1. The third-order valence-electron chi connectivity index (χ3n) is 7.89. The van der Waals surface area contributed by atoms with Gasteiger partial charge in [-0.3, -0.25) is 9.69 Å². The molecular weight excluding hydrogens is 384 g/mol. The fourth-order valence-corrected chi connectivity index (χ4v) is 5.84. The lowest BCUT2D eigenvalue weighted by atomic mass is 9.73. The summed E-state index contributed by atoms with van der Waals surface area (Å²) in [6.45, 7) is 5.05. The first kappa shape index (κ1) is 20.7. The van der Waals surface area contributed by atoms with Gasteiger partial charge in [0.2, 0.25) is 5.91 Å². The van der Waals surface area contributed by atoms with Crippen LogP contribution in [-0.2, 0) is 4.79 Å². The molecule has 2 saturated heterocycles. The molecule has 2 aromatic rings. The molecule has 0 spiro atoms. The van der Waals surface area contributed by atoms with Gasteiger partial charge in [0.05, 0.1) is 6.61 Å². The minimum Gasteiger partial charge on any atom is -0.395 e. The summed E-state index contributed by atoms with van der Waals surface area (Å²) in [7, 11) is 0. The van der Waals surface area contributed by atoms with E-state index in [0.717, 1.165) is 45.3 Å². The maximum Gasteiger partial charge on any atom is 0.225 e. The Bertz CT molecular complexity index is 921. The normalized spacial score (nSPS) is 26.9. The predicted molar refractivity (Wildman–Crippen MR) is 124 cm³/mol. The fraction of sp³-hybridized carbons (Fsp3) is 0.519. The van der Waals surface area contributed by atoms with E-state index in [1.807, 2.05) is 0 Å². The molecule has 4 nitrogen and oxygen atoms in total. The number of hydrogen-bond acceptors (Lipinski definition) is 3. The predicted octanol–water partition coefficient (Wildman–Crippen LogP) is 4.21. The average Bonchev–Trinajstić information content (AvgIpc) is 2.72. The molecule has 5 rings (SSSR count). The number of rotatable bonds is 4. The van der Waals surface area contributed by atoms with Crippen molar-refractivity contribution >= 4 is 5.91 Å². The lowest BCUT2D eigenvalue weighted by Crippen LogP contribution is -2.68. The Kier molecular flexibility index (Phi) is 5.85. The largest absolute Gasteiger partial charge is 0.395 e. The van der Waals surface area contributed by atoms with Crippen LogP contribution in [0.4, 0.5) is 0 Å². The zero-order valence-electron chi connectivity index (χ0n) is 18.5. The van der Waals surface area contributed by atoms with Crippen molar-refractivity contribution in [1.29, 1.82) is 0 Å². The number of fused-ring (bicyclic) bond motifs is 1. The van der Waals surface area contributed by atoms with Crippen molar-refractivity contribution in [1.82, 2.24) is 9.80 Å². The third-order valence-corrected chi connectivity index (χ3v) is 7.89. The molecule has 4 heteroatoms. The quantitative estimate of drug-likeness (QED) is 0.809. The standard InChI is InChI=1S/C27H34N2O2/c1-19-7-2-3-10-23(19)20-11-13-21(14-12-20)26-24-17-28(27(31)22-8-6-9-22)15-4-5-16-29(24)25(26)18-30/h2-3,7,10-14,22,24-26,30H,4-6,8-9,15-18H2,1H3/t24-,25-,26+/m0/s1. The molecule has 0 unspecified atom stereocenters. The number of aryl methyl sites for hydroxylation is 1. The first-order valence-corrected chi connectivity index (χ1v) is 12.0. The zero-order chi connectivity index (χ0) is 21.4. The summed E-state index contributed by atoms with van der Waals surface area (Å²) in [5, 5.41) is 10.2. The molecule has 164 valence electrons. The maximum absolute atomic E-state index is 13.0. The van der Waals surface area contributed by atoms with E-state index < -0.39 is 0 Å². The molecule has 2 heterocycles. The lowest BCUT2D eigenvalue weighted by Gasteiger charge is -2.57. The first-order valence-electron chi connectivity index (χ1n) is 12.0. The zero-order valence-corrected chi connectivity index (χ0v) is 18.5. The van der Waals surface area contributed by atoms with Crippen molar-refractivity contribution in [3.05, 3.63) is 59.7 Å². The van der Waals surface area contributed by atoms with Gasteiger partial charge in [0.25, 0.3) is 0 Å². The number of aliphatic hydroxyl groups excluding tert-OH is 1. The summed E-state index contributed by atoms with van der Waals surface area (Å²) >= 11 is 0. The van der Waals surface area contributed by atoms with Crippen LogP contribution in [0.5, 0.6) is 0 Å². The number of hydrogen-bond donors (Lipinski definition) is 1. The van der Waals surface area contributed by atoms with Crippen LogP contribution in [0, 0.1) is 12.8 Å². The van der Waals surface area contributed by atoms with Gasteiger partial charge in [-0.1, -0.05) is 55.0 Å². The third kappa shape index (κ3) is 3.81. The Hall–Kier alpha value is -2.17. The van der Waals surface area contributed by atoms with Crippen molar-refractivity contribution < 1.29 is 9.90 Å². The number of carbonyl (C=O) groups excluding carboxylic acids is 1. The Labute approximate surface area is 185 Å². The van der Waals surface area contributed by atoms with Gasteiger partial charge in [0.15, 0.2) is 0 Å². The maximum atomic E-state index is 13.0. The second-order valence-electron chi connectivity index (χ2n) is 9.64. The van der Waals surface area contributed by atoms with Crippen LogP contribution in [-0.4, -0.2) is 59.1 Å². The van der Waals surface area contributed by atoms with Gasteiger partial charge in [-0.2, -0.15) is 0 Å². The minimum atomic E-state index is 0.160. The van der Waals surface area contributed by atoms with Crippen molar-refractivity contribution in [2.75, 3.05) is 26.2 Å². The molecule has 3 atom stereocenters. The van der Waals surface area contributed by atoms with E-state index in [1.54, 1.807) is 0 Å². The van der Waals surface area contributed by atoms with Crippen LogP contribution in [0.15, 0.2) is 48.5 Å². The van der Waals surface area contributed by atoms with Gasteiger partial charge in [-0.25, -0.2) is 0 Å². The molecular formula is C27H34N2O2. The highest BCUT2D eigenvalue weighted by Crippen LogP contribution is 2.43. The van der Waals surface area contributed by atoms with Crippen LogP contribution in [0.3, 0.4) is 0 Å². The molecule has 1 N–H and O–H groups in total. The molecule has 0 aromatic heterocycles. The highest BCUT2D eigenvalue weighted by Gasteiger charge is 2.49. The second kappa shape index (κ2) is 8.76. The number of amides is 1. The van der Waals surface area contributed by atoms with E-state index in [1.165, 1.54) is 28.7 Å². The fourth-order valence-electron chi connectivity index (χ4n) is 5.84. The molecule has 3 aliphatic rings. The molecule has 3 fully saturated rings. The van der Waals surface area contributed by atoms with Gasteiger partial charge in [-0.15, -0.1) is 0 Å². The van der Waals surface area contributed by atoms with Crippen molar-refractivity contribution in [3.8, 4) is 11.1 Å². The molecule has 2 aromatic carbocycles. The lowest BCUT2D eigenvalue weighted by molar-refractivity contribution is -0.143. The van der Waals surface area contributed by atoms with Crippen LogP contribution >= 0.6 is 0 Å². The molecule has 31 heavy (non-hydrogen) atoms. The Balaban J connectivity index is 1.38. The van der Waals surface area contributed by atoms with Crippen molar-refractivity contribution in [2.45, 2.75) is 57.0 Å². The molecule has 2 aliphatic heterocycles. The van der Waals surface area contributed by atoms with Crippen molar-refractivity contribution in [3.63, 3.8) is 0 Å². The van der Waals surface area contributed by atoms with Crippen molar-refractivity contribution in [2.24, 2.45) is 5.92 Å². The van der Waals surface area contributed by atoms with E-state index in [2.05, 4.69) is 65.3 Å². The van der Waals surface area contributed by atoms with Gasteiger partial charge in [0, 0.05) is 37.0 Å². The molecule has 1 aliphatic carbocycles. The van der Waals surface area contributed by atoms with Crippen LogP contribution in [0.25, 0.3) is 11.1 Å². The monoisotopic (exact) mass is 418 g/mol. The van der Waals surface area contributed by atoms with E-state index in [0.29, 0.717) is 11.9 Å². The summed E-state index contributed by atoms with van der Waals surface area (Å²) in [5.41, 5.74) is 5.07.